The molecule has 10 heteroatoms. The van der Waals surface area contributed by atoms with Crippen LogP contribution in [0.1, 0.15) is 56.9 Å². The van der Waals surface area contributed by atoms with Gasteiger partial charge in [0.25, 0.3) is 0 Å². The molecule has 47 heavy (non-hydrogen) atoms. The van der Waals surface area contributed by atoms with Gasteiger partial charge in [-0.25, -0.2) is 8.42 Å². The number of amides is 1. The van der Waals surface area contributed by atoms with E-state index < -0.39 is 34.6 Å². The van der Waals surface area contributed by atoms with Crippen molar-refractivity contribution in [3.8, 4) is 17.2 Å². The Labute approximate surface area is 279 Å². The molecule has 0 aromatic heterocycles. The fourth-order valence-electron chi connectivity index (χ4n) is 5.66. The van der Waals surface area contributed by atoms with Crippen LogP contribution in [0.2, 0.25) is 0 Å². The standard InChI is InChI=1S/C36H42NO4P.CH4O3S/c38-33-26-29(27-34(39)36(33)41)28-35(40)37-24-16-5-3-1-2-4-6-17-25-42(30-18-10-7-11-19-30,31-20-12-8-13-21-31)32-22-14-9-15-23-32;1-5(2,3)4/h7-15,18-23,26-27H,1-6,16-17,24-25,28H2,(H3-,37,38,39,40,41);1H3,(H,2,3,4). The summed E-state index contributed by atoms with van der Waals surface area (Å²) in [5, 5.41) is 35.9. The van der Waals surface area contributed by atoms with Crippen molar-refractivity contribution < 1.29 is 33.1 Å². The summed E-state index contributed by atoms with van der Waals surface area (Å²) in [6.45, 7) is 0.610. The van der Waals surface area contributed by atoms with Crippen molar-refractivity contribution in [3.05, 3.63) is 109 Å². The van der Waals surface area contributed by atoms with Crippen LogP contribution in [0.25, 0.3) is 0 Å². The molecule has 252 valence electrons. The third kappa shape index (κ3) is 12.7. The first-order valence-corrected chi connectivity index (χ1v) is 19.8. The summed E-state index contributed by atoms with van der Waals surface area (Å²) in [7, 11) is -5.65. The van der Waals surface area contributed by atoms with E-state index in [1.54, 1.807) is 0 Å². The van der Waals surface area contributed by atoms with Crippen LogP contribution in [-0.4, -0.2) is 53.2 Å². The van der Waals surface area contributed by atoms with Crippen molar-refractivity contribution in [2.24, 2.45) is 0 Å². The Kier molecular flexibility index (Phi) is 15.2. The second kappa shape index (κ2) is 19.0. The Balaban J connectivity index is 0.00000111. The lowest BCUT2D eigenvalue weighted by Crippen LogP contribution is -2.33. The largest absolute Gasteiger partial charge is 0.748 e. The number of benzene rings is 4. The zero-order valence-electron chi connectivity index (χ0n) is 26.9. The molecule has 4 N–H and O–H groups in total. The molecule has 4 aromatic rings. The zero-order chi connectivity index (χ0) is 34.1. The molecule has 0 bridgehead atoms. The van der Waals surface area contributed by atoms with Crippen LogP contribution in [0.15, 0.2) is 103 Å². The highest BCUT2D eigenvalue weighted by atomic mass is 32.2. The van der Waals surface area contributed by atoms with Crippen molar-refractivity contribution in [2.75, 3.05) is 19.0 Å². The zero-order valence-corrected chi connectivity index (χ0v) is 28.6. The van der Waals surface area contributed by atoms with Gasteiger partial charge in [-0.05, 0) is 73.4 Å². The summed E-state index contributed by atoms with van der Waals surface area (Å²) in [5.41, 5.74) is 0.455. The number of carbonyl (C=O) groups excluding carboxylic acids is 1. The molecule has 4 rings (SSSR count). The van der Waals surface area contributed by atoms with Gasteiger partial charge in [-0.2, -0.15) is 0 Å². The number of aromatic hydroxyl groups is 3. The lowest BCUT2D eigenvalue weighted by Gasteiger charge is -2.27. The van der Waals surface area contributed by atoms with Gasteiger partial charge < -0.3 is 25.2 Å². The maximum Gasteiger partial charge on any atom is 0.224 e. The highest BCUT2D eigenvalue weighted by Gasteiger charge is 2.44. The highest BCUT2D eigenvalue weighted by Crippen LogP contribution is 2.56. The molecule has 0 saturated carbocycles. The van der Waals surface area contributed by atoms with Gasteiger partial charge in [-0.15, -0.1) is 0 Å². The first-order chi connectivity index (χ1) is 22.5. The topological polar surface area (TPSA) is 147 Å². The van der Waals surface area contributed by atoms with Crippen LogP contribution < -0.4 is 21.2 Å². The van der Waals surface area contributed by atoms with E-state index in [0.29, 0.717) is 18.4 Å². The van der Waals surface area contributed by atoms with Gasteiger partial charge in [0, 0.05) is 12.8 Å². The van der Waals surface area contributed by atoms with Crippen LogP contribution in [0.3, 0.4) is 0 Å². The smallest absolute Gasteiger partial charge is 0.224 e. The molecule has 8 nitrogen and oxygen atoms in total. The molecular weight excluding hydrogens is 633 g/mol. The number of phenolic OH excluding ortho intramolecular Hbond substituents is 3. The summed E-state index contributed by atoms with van der Waals surface area (Å²) < 4.78 is 27.2. The lowest BCUT2D eigenvalue weighted by molar-refractivity contribution is -0.120. The normalized spacial score (nSPS) is 11.4. The van der Waals surface area contributed by atoms with Gasteiger partial charge in [-0.1, -0.05) is 86.7 Å². The van der Waals surface area contributed by atoms with Gasteiger partial charge in [0.1, 0.15) is 23.2 Å². The Hall–Kier alpha value is -3.91. The number of carbonyl (C=O) groups is 1. The second-order valence-corrected chi connectivity index (χ2v) is 16.6. The number of phenols is 3. The fraction of sp³-hybridized carbons (Fsp3) is 0.324. The van der Waals surface area contributed by atoms with Crippen molar-refractivity contribution in [1.29, 1.82) is 0 Å². The summed E-state index contributed by atoms with van der Waals surface area (Å²) in [5.74, 6) is -1.59. The molecule has 0 spiro atoms. The molecule has 0 fully saturated rings. The lowest BCUT2D eigenvalue weighted by atomic mass is 10.1. The van der Waals surface area contributed by atoms with Crippen molar-refractivity contribution in [3.63, 3.8) is 0 Å². The van der Waals surface area contributed by atoms with Crippen molar-refractivity contribution >= 4 is 39.2 Å². The maximum atomic E-state index is 12.2. The monoisotopic (exact) mass is 679 g/mol. The van der Waals surface area contributed by atoms with Gasteiger partial charge >= 0.3 is 0 Å². The van der Waals surface area contributed by atoms with Crippen molar-refractivity contribution in [1.82, 2.24) is 5.32 Å². The maximum absolute atomic E-state index is 12.2. The fourth-order valence-corrected chi connectivity index (χ4v) is 10.1. The van der Waals surface area contributed by atoms with E-state index in [1.807, 2.05) is 0 Å². The minimum Gasteiger partial charge on any atom is -0.748 e. The van der Waals surface area contributed by atoms with Crippen LogP contribution >= 0.6 is 7.26 Å². The number of hydrogen-bond acceptors (Lipinski definition) is 7. The van der Waals surface area contributed by atoms with E-state index in [0.717, 1.165) is 19.3 Å². The molecule has 4 aromatic carbocycles. The summed E-state index contributed by atoms with van der Waals surface area (Å²) in [6.07, 6.45) is 11.1. The average Bonchev–Trinajstić information content (AvgIpc) is 3.05. The summed E-state index contributed by atoms with van der Waals surface area (Å²) in [4.78, 5) is 12.2. The third-order valence-electron chi connectivity index (χ3n) is 7.83. The van der Waals surface area contributed by atoms with E-state index in [2.05, 4.69) is 96.3 Å². The van der Waals surface area contributed by atoms with E-state index in [9.17, 15) is 20.1 Å². The SMILES string of the molecule is CS(=O)(=O)[O-].O=C(Cc1cc(O)c(O)c(O)c1)NCCCCCCCCCC[P+](c1ccccc1)(c1ccccc1)c1ccccc1. The predicted octanol–water partition coefficient (Wildman–Crippen LogP) is 5.74. The van der Waals surface area contributed by atoms with E-state index >= 15 is 0 Å². The van der Waals surface area contributed by atoms with Crippen molar-refractivity contribution in [2.45, 2.75) is 57.8 Å². The Morgan fingerprint density at radius 3 is 1.43 bits per heavy atom. The molecule has 0 aliphatic rings. The minimum atomic E-state index is -3.92. The molecular formula is C37H46NO7PS. The van der Waals surface area contributed by atoms with Crippen LogP contribution in [0.4, 0.5) is 0 Å². The molecule has 0 heterocycles. The van der Waals surface area contributed by atoms with E-state index in [-0.39, 0.29) is 12.3 Å². The van der Waals surface area contributed by atoms with E-state index in [4.69, 9.17) is 13.0 Å². The number of unbranched alkanes of at least 4 members (excludes halogenated alkanes) is 7. The molecule has 0 atom stereocenters. The first kappa shape index (κ1) is 37.5. The minimum absolute atomic E-state index is 0.0454. The van der Waals surface area contributed by atoms with Gasteiger partial charge in [0.2, 0.25) is 5.91 Å². The first-order valence-electron chi connectivity index (χ1n) is 16.0. The Morgan fingerprint density at radius 1 is 0.660 bits per heavy atom. The highest BCUT2D eigenvalue weighted by molar-refractivity contribution is 7.95. The summed E-state index contributed by atoms with van der Waals surface area (Å²) in [6, 6.07) is 35.9. The van der Waals surface area contributed by atoms with Gasteiger partial charge in [0.15, 0.2) is 17.2 Å². The van der Waals surface area contributed by atoms with Crippen LogP contribution in [-0.2, 0) is 21.3 Å². The molecule has 1 amide bonds. The van der Waals surface area contributed by atoms with E-state index in [1.165, 1.54) is 66.3 Å². The predicted molar refractivity (Wildman–Crippen MR) is 191 cm³/mol. The molecule has 0 saturated heterocycles. The Bertz CT molecular complexity index is 1490. The van der Waals surface area contributed by atoms with Gasteiger partial charge in [0.05, 0.1) is 22.7 Å². The number of rotatable bonds is 16. The average molecular weight is 680 g/mol. The molecule has 0 aliphatic heterocycles. The van der Waals surface area contributed by atoms with Crippen LogP contribution in [0, 0.1) is 0 Å². The van der Waals surface area contributed by atoms with Crippen LogP contribution in [0.5, 0.6) is 17.2 Å². The number of nitrogens with one attached hydrogen (secondary N) is 1. The molecule has 0 unspecified atom stereocenters. The second-order valence-electron chi connectivity index (χ2n) is 11.6. The molecule has 0 radical (unpaired) electrons. The third-order valence-corrected chi connectivity index (χ3v) is 12.4. The Morgan fingerprint density at radius 2 is 1.02 bits per heavy atom. The quantitative estimate of drug-likeness (QED) is 0.0511. The molecule has 0 aliphatic carbocycles. The van der Waals surface area contributed by atoms with Gasteiger partial charge in [-0.3, -0.25) is 4.79 Å². The number of hydrogen-bond donors (Lipinski definition) is 4. The summed E-state index contributed by atoms with van der Waals surface area (Å²) >= 11 is 0.